The summed E-state index contributed by atoms with van der Waals surface area (Å²) in [4.78, 5) is 0. The van der Waals surface area contributed by atoms with Crippen molar-refractivity contribution in [2.24, 2.45) is 11.8 Å². The van der Waals surface area contributed by atoms with Crippen LogP contribution in [0.15, 0.2) is 0 Å². The molecule has 1 aliphatic carbocycles. The van der Waals surface area contributed by atoms with Crippen LogP contribution >= 0.6 is 0 Å². The Hall–Kier alpha value is -0.0800. The normalized spacial score (nSPS) is 29.1. The Morgan fingerprint density at radius 1 is 1.15 bits per heavy atom. The molecule has 76 valence electrons. The van der Waals surface area contributed by atoms with Gasteiger partial charge in [-0.2, -0.15) is 0 Å². The molecule has 2 N–H and O–H groups in total. The summed E-state index contributed by atoms with van der Waals surface area (Å²) in [6, 6.07) is 0. The summed E-state index contributed by atoms with van der Waals surface area (Å²) < 4.78 is 0. The molecule has 13 heavy (non-hydrogen) atoms. The van der Waals surface area contributed by atoms with Crippen molar-refractivity contribution in [1.82, 2.24) is 10.6 Å². The van der Waals surface area contributed by atoms with Crippen molar-refractivity contribution in [2.75, 3.05) is 26.2 Å². The molecule has 1 saturated carbocycles. The van der Waals surface area contributed by atoms with E-state index in [9.17, 15) is 0 Å². The lowest BCUT2D eigenvalue weighted by Crippen LogP contribution is -2.27. The van der Waals surface area contributed by atoms with Crippen LogP contribution in [0.4, 0.5) is 0 Å². The van der Waals surface area contributed by atoms with Crippen LogP contribution in [-0.2, 0) is 0 Å². The molecule has 0 amide bonds. The van der Waals surface area contributed by atoms with Crippen molar-refractivity contribution in [3.05, 3.63) is 0 Å². The highest BCUT2D eigenvalue weighted by Crippen LogP contribution is 2.28. The summed E-state index contributed by atoms with van der Waals surface area (Å²) in [6.45, 7) is 4.95. The van der Waals surface area contributed by atoms with Gasteiger partial charge in [0.1, 0.15) is 0 Å². The molecule has 2 rings (SSSR count). The van der Waals surface area contributed by atoms with Gasteiger partial charge < -0.3 is 10.6 Å². The van der Waals surface area contributed by atoms with Crippen molar-refractivity contribution in [3.63, 3.8) is 0 Å². The lowest BCUT2D eigenvalue weighted by atomic mass is 9.83. The van der Waals surface area contributed by atoms with Gasteiger partial charge in [0.05, 0.1) is 0 Å². The summed E-state index contributed by atoms with van der Waals surface area (Å²) in [5.74, 6) is 1.97. The predicted molar refractivity (Wildman–Crippen MR) is 55.8 cm³/mol. The fourth-order valence-corrected chi connectivity index (χ4v) is 2.28. The van der Waals surface area contributed by atoms with Crippen LogP contribution in [0.5, 0.6) is 0 Å². The Kier molecular flexibility index (Phi) is 3.62. The molecule has 1 heterocycles. The van der Waals surface area contributed by atoms with Crippen LogP contribution in [0, 0.1) is 11.8 Å². The van der Waals surface area contributed by atoms with E-state index in [1.54, 1.807) is 0 Å². The second-order valence-corrected chi connectivity index (χ2v) is 4.65. The van der Waals surface area contributed by atoms with E-state index in [0.717, 1.165) is 11.8 Å². The summed E-state index contributed by atoms with van der Waals surface area (Å²) in [5.41, 5.74) is 0. The molecule has 2 nitrogen and oxygen atoms in total. The zero-order valence-corrected chi connectivity index (χ0v) is 8.52. The Morgan fingerprint density at radius 2 is 2.08 bits per heavy atom. The minimum Gasteiger partial charge on any atom is -0.316 e. The SMILES string of the molecule is C1CC(CCNCC2CCNC2)C1. The fraction of sp³-hybridized carbons (Fsp3) is 1.00. The van der Waals surface area contributed by atoms with E-state index in [2.05, 4.69) is 10.6 Å². The smallest absolute Gasteiger partial charge is 0.000790 e. The van der Waals surface area contributed by atoms with Gasteiger partial charge in [-0.15, -0.1) is 0 Å². The maximum Gasteiger partial charge on any atom is -0.000790 e. The Bertz CT molecular complexity index is 137. The highest BCUT2D eigenvalue weighted by Gasteiger charge is 2.17. The molecule has 1 aliphatic heterocycles. The molecule has 1 unspecified atom stereocenters. The minimum atomic E-state index is 0.904. The number of rotatable bonds is 5. The lowest BCUT2D eigenvalue weighted by Gasteiger charge is -2.25. The molecule has 0 aromatic rings. The summed E-state index contributed by atoms with van der Waals surface area (Å²) >= 11 is 0. The molecular formula is C11H22N2. The van der Waals surface area contributed by atoms with Gasteiger partial charge in [0, 0.05) is 0 Å². The molecular weight excluding hydrogens is 160 g/mol. The van der Waals surface area contributed by atoms with E-state index in [0.29, 0.717) is 0 Å². The van der Waals surface area contributed by atoms with Crippen LogP contribution < -0.4 is 10.6 Å². The number of hydrogen-bond acceptors (Lipinski definition) is 2. The lowest BCUT2D eigenvalue weighted by molar-refractivity contribution is 0.290. The topological polar surface area (TPSA) is 24.1 Å². The van der Waals surface area contributed by atoms with E-state index in [4.69, 9.17) is 0 Å². The molecule has 1 atom stereocenters. The molecule has 0 aromatic carbocycles. The standard InChI is InChI=1S/C11H22N2/c1-2-10(3-1)4-6-12-8-11-5-7-13-9-11/h10-13H,1-9H2. The third-order valence-corrected chi connectivity index (χ3v) is 3.55. The van der Waals surface area contributed by atoms with Crippen molar-refractivity contribution < 1.29 is 0 Å². The average molecular weight is 182 g/mol. The van der Waals surface area contributed by atoms with E-state index in [1.807, 2.05) is 0 Å². The third kappa shape index (κ3) is 2.96. The van der Waals surface area contributed by atoms with Gasteiger partial charge in [-0.25, -0.2) is 0 Å². The fourth-order valence-electron chi connectivity index (χ4n) is 2.28. The zero-order chi connectivity index (χ0) is 8.93. The molecule has 0 aromatic heterocycles. The first-order valence-corrected chi connectivity index (χ1v) is 5.86. The van der Waals surface area contributed by atoms with Crippen LogP contribution in [-0.4, -0.2) is 26.2 Å². The number of hydrogen-bond donors (Lipinski definition) is 2. The quantitative estimate of drug-likeness (QED) is 0.628. The molecule has 2 aliphatic rings. The van der Waals surface area contributed by atoms with E-state index >= 15 is 0 Å². The molecule has 1 saturated heterocycles. The largest absolute Gasteiger partial charge is 0.316 e. The monoisotopic (exact) mass is 182 g/mol. The molecule has 0 radical (unpaired) electrons. The van der Waals surface area contributed by atoms with Gasteiger partial charge in [0.15, 0.2) is 0 Å². The zero-order valence-electron chi connectivity index (χ0n) is 8.52. The predicted octanol–water partition coefficient (Wildman–Crippen LogP) is 1.38. The minimum absolute atomic E-state index is 0.904. The highest BCUT2D eigenvalue weighted by molar-refractivity contribution is 4.74. The van der Waals surface area contributed by atoms with Gasteiger partial charge in [-0.3, -0.25) is 0 Å². The van der Waals surface area contributed by atoms with Crippen molar-refractivity contribution in [1.29, 1.82) is 0 Å². The van der Waals surface area contributed by atoms with Crippen LogP contribution in [0.1, 0.15) is 32.1 Å². The van der Waals surface area contributed by atoms with Crippen LogP contribution in [0.2, 0.25) is 0 Å². The third-order valence-electron chi connectivity index (χ3n) is 3.55. The number of nitrogens with one attached hydrogen (secondary N) is 2. The van der Waals surface area contributed by atoms with Crippen LogP contribution in [0.25, 0.3) is 0 Å². The summed E-state index contributed by atoms with van der Waals surface area (Å²) in [5, 5.41) is 6.99. The van der Waals surface area contributed by atoms with Crippen molar-refractivity contribution in [3.8, 4) is 0 Å². The highest BCUT2D eigenvalue weighted by atomic mass is 14.9. The molecule has 2 heteroatoms. The second-order valence-electron chi connectivity index (χ2n) is 4.65. The van der Waals surface area contributed by atoms with Gasteiger partial charge >= 0.3 is 0 Å². The van der Waals surface area contributed by atoms with Crippen LogP contribution in [0.3, 0.4) is 0 Å². The first-order chi connectivity index (χ1) is 6.45. The second kappa shape index (κ2) is 4.97. The van der Waals surface area contributed by atoms with E-state index < -0.39 is 0 Å². The van der Waals surface area contributed by atoms with Gasteiger partial charge in [0.25, 0.3) is 0 Å². The van der Waals surface area contributed by atoms with Crippen molar-refractivity contribution >= 4 is 0 Å². The maximum absolute atomic E-state index is 3.59. The average Bonchev–Trinajstić information content (AvgIpc) is 2.53. The maximum atomic E-state index is 3.59. The first-order valence-electron chi connectivity index (χ1n) is 5.86. The van der Waals surface area contributed by atoms with E-state index in [-0.39, 0.29) is 0 Å². The molecule has 0 bridgehead atoms. The van der Waals surface area contributed by atoms with Gasteiger partial charge in [-0.1, -0.05) is 19.3 Å². The molecule has 2 fully saturated rings. The first kappa shape index (κ1) is 9.47. The summed E-state index contributed by atoms with van der Waals surface area (Å²) in [7, 11) is 0. The molecule has 0 spiro atoms. The Labute approximate surface area is 81.5 Å². The Balaban J connectivity index is 1.43. The van der Waals surface area contributed by atoms with Crippen molar-refractivity contribution in [2.45, 2.75) is 32.1 Å². The summed E-state index contributed by atoms with van der Waals surface area (Å²) in [6.07, 6.45) is 7.26. The van der Waals surface area contributed by atoms with E-state index in [1.165, 1.54) is 58.3 Å². The van der Waals surface area contributed by atoms with Gasteiger partial charge in [0.2, 0.25) is 0 Å². The Morgan fingerprint density at radius 3 is 2.69 bits per heavy atom. The van der Waals surface area contributed by atoms with Gasteiger partial charge in [-0.05, 0) is 50.9 Å².